The Hall–Kier alpha value is -2.86. The van der Waals surface area contributed by atoms with Gasteiger partial charge in [0.05, 0.1) is 25.9 Å². The molecule has 174 valence electrons. The van der Waals surface area contributed by atoms with Crippen LogP contribution in [0.3, 0.4) is 0 Å². The van der Waals surface area contributed by atoms with Crippen molar-refractivity contribution < 1.29 is 28.6 Å². The van der Waals surface area contributed by atoms with Crippen LogP contribution in [0.2, 0.25) is 5.02 Å². The van der Waals surface area contributed by atoms with Crippen molar-refractivity contribution in [1.82, 2.24) is 15.2 Å². The van der Waals surface area contributed by atoms with Crippen LogP contribution >= 0.6 is 22.9 Å². The fraction of sp³-hybridized carbons (Fsp3) is 0.333. The van der Waals surface area contributed by atoms with Gasteiger partial charge in [0.25, 0.3) is 0 Å². The minimum absolute atomic E-state index is 0.0246. The van der Waals surface area contributed by atoms with E-state index >= 15 is 0 Å². The molecule has 0 aliphatic carbocycles. The molecule has 0 radical (unpaired) electrons. The molecule has 1 aromatic heterocycles. The molecule has 2 N–H and O–H groups in total. The third-order valence-electron chi connectivity index (χ3n) is 5.31. The van der Waals surface area contributed by atoms with E-state index < -0.39 is 29.8 Å². The first-order valence-corrected chi connectivity index (χ1v) is 11.2. The SMILES string of the molecule is COC(=O)C1=C(CN2CCOCC2C(=O)O)NC(c2nccs2)=NC1c1ccc(F)cc1Cl. The highest BCUT2D eigenvalue weighted by Gasteiger charge is 2.37. The van der Waals surface area contributed by atoms with Gasteiger partial charge in [0, 0.05) is 40.9 Å². The Morgan fingerprint density at radius 2 is 2.27 bits per heavy atom. The van der Waals surface area contributed by atoms with Gasteiger partial charge in [-0.05, 0) is 12.1 Å². The normalized spacial score (nSPS) is 21.4. The minimum Gasteiger partial charge on any atom is -0.480 e. The summed E-state index contributed by atoms with van der Waals surface area (Å²) in [5.41, 5.74) is 0.964. The number of carbonyl (C=O) groups is 2. The average Bonchev–Trinajstić information content (AvgIpc) is 3.33. The van der Waals surface area contributed by atoms with Crippen molar-refractivity contribution in [2.24, 2.45) is 4.99 Å². The first-order chi connectivity index (χ1) is 15.9. The third kappa shape index (κ3) is 4.91. The highest BCUT2D eigenvalue weighted by Crippen LogP contribution is 2.37. The maximum atomic E-state index is 13.7. The number of methoxy groups -OCH3 is 1. The van der Waals surface area contributed by atoms with Gasteiger partial charge < -0.3 is 19.9 Å². The van der Waals surface area contributed by atoms with Crippen molar-refractivity contribution in [2.75, 3.05) is 33.4 Å². The molecule has 1 saturated heterocycles. The lowest BCUT2D eigenvalue weighted by Gasteiger charge is -2.35. The monoisotopic (exact) mass is 494 g/mol. The molecular weight excluding hydrogens is 475 g/mol. The van der Waals surface area contributed by atoms with Gasteiger partial charge in [-0.2, -0.15) is 0 Å². The third-order valence-corrected chi connectivity index (χ3v) is 6.42. The standard InChI is InChI=1S/C21H20ClFN4O5S/c1-31-21(30)16-14(9-27-5-6-32-10-15(27)20(28)29)25-18(19-24-4-7-33-19)26-17(16)12-3-2-11(23)8-13(12)22/h2-4,7-8,15,17H,5-6,9-10H2,1H3,(H,25,26)(H,28,29). The number of carboxylic acids is 1. The predicted octanol–water partition coefficient (Wildman–Crippen LogP) is 2.24. The molecule has 2 unspecified atom stereocenters. The van der Waals surface area contributed by atoms with Crippen molar-refractivity contribution in [3.8, 4) is 0 Å². The van der Waals surface area contributed by atoms with Gasteiger partial charge in [-0.25, -0.2) is 14.2 Å². The number of aliphatic imine (C=N–C) groups is 1. The van der Waals surface area contributed by atoms with Crippen LogP contribution in [0.15, 0.2) is 46.0 Å². The van der Waals surface area contributed by atoms with Gasteiger partial charge in [0.2, 0.25) is 0 Å². The molecule has 9 nitrogen and oxygen atoms in total. The smallest absolute Gasteiger partial charge is 0.338 e. The Morgan fingerprint density at radius 1 is 1.45 bits per heavy atom. The predicted molar refractivity (Wildman–Crippen MR) is 119 cm³/mol. The zero-order valence-corrected chi connectivity index (χ0v) is 19.0. The first kappa shape index (κ1) is 23.3. The Balaban J connectivity index is 1.83. The summed E-state index contributed by atoms with van der Waals surface area (Å²) < 4.78 is 24.1. The van der Waals surface area contributed by atoms with Crippen LogP contribution in [0.1, 0.15) is 16.6 Å². The summed E-state index contributed by atoms with van der Waals surface area (Å²) >= 11 is 7.67. The highest BCUT2D eigenvalue weighted by atomic mass is 35.5. The van der Waals surface area contributed by atoms with Crippen LogP contribution in [0.5, 0.6) is 0 Å². The second-order valence-electron chi connectivity index (χ2n) is 7.29. The molecule has 4 rings (SSSR count). The van der Waals surface area contributed by atoms with E-state index in [0.717, 1.165) is 6.07 Å². The molecule has 1 aromatic carbocycles. The number of aliphatic carboxylic acids is 1. The van der Waals surface area contributed by atoms with Crippen LogP contribution < -0.4 is 5.32 Å². The van der Waals surface area contributed by atoms with E-state index in [1.54, 1.807) is 16.5 Å². The minimum atomic E-state index is -1.03. The molecular formula is C21H20ClFN4O5S. The van der Waals surface area contributed by atoms with Crippen molar-refractivity contribution in [2.45, 2.75) is 12.1 Å². The van der Waals surface area contributed by atoms with E-state index in [0.29, 0.717) is 35.3 Å². The van der Waals surface area contributed by atoms with E-state index in [1.807, 2.05) is 0 Å². The van der Waals surface area contributed by atoms with Gasteiger partial charge in [-0.15, -0.1) is 11.3 Å². The molecule has 3 heterocycles. The summed E-state index contributed by atoms with van der Waals surface area (Å²) in [6.07, 6.45) is 1.62. The molecule has 0 saturated carbocycles. The number of thiazole rings is 1. The number of nitrogens with zero attached hydrogens (tertiary/aromatic N) is 3. The Kier molecular flexibility index (Phi) is 7.03. The fourth-order valence-corrected chi connectivity index (χ4v) is 4.58. The van der Waals surface area contributed by atoms with Crippen molar-refractivity contribution in [3.05, 3.63) is 62.5 Å². The lowest BCUT2D eigenvalue weighted by molar-refractivity contribution is -0.149. The largest absolute Gasteiger partial charge is 0.480 e. The number of amidine groups is 1. The van der Waals surface area contributed by atoms with Gasteiger partial charge in [0.15, 0.2) is 10.8 Å². The molecule has 0 spiro atoms. The Labute approximate surface area is 197 Å². The molecule has 33 heavy (non-hydrogen) atoms. The Bertz CT molecular complexity index is 1120. The van der Waals surface area contributed by atoms with E-state index in [9.17, 15) is 19.1 Å². The fourth-order valence-electron chi connectivity index (χ4n) is 3.73. The van der Waals surface area contributed by atoms with Crippen molar-refractivity contribution in [3.63, 3.8) is 0 Å². The number of carboxylic acid groups (broad SMARTS) is 1. The number of aromatic nitrogens is 1. The zero-order valence-electron chi connectivity index (χ0n) is 17.5. The first-order valence-electron chi connectivity index (χ1n) is 9.94. The summed E-state index contributed by atoms with van der Waals surface area (Å²) in [7, 11) is 1.24. The number of morpholine rings is 1. The van der Waals surface area contributed by atoms with Gasteiger partial charge in [0.1, 0.15) is 17.9 Å². The number of halogens is 2. The number of benzene rings is 1. The van der Waals surface area contributed by atoms with Crippen LogP contribution in [0, 0.1) is 5.82 Å². The summed E-state index contributed by atoms with van der Waals surface area (Å²) in [5.74, 6) is -1.83. The number of rotatable bonds is 6. The van der Waals surface area contributed by atoms with Gasteiger partial charge in [-0.1, -0.05) is 17.7 Å². The van der Waals surface area contributed by atoms with Gasteiger partial charge >= 0.3 is 11.9 Å². The second-order valence-corrected chi connectivity index (χ2v) is 8.59. The highest BCUT2D eigenvalue weighted by molar-refractivity contribution is 7.11. The maximum Gasteiger partial charge on any atom is 0.338 e. The van der Waals surface area contributed by atoms with Crippen molar-refractivity contribution in [1.29, 1.82) is 0 Å². The molecule has 2 aliphatic heterocycles. The summed E-state index contributed by atoms with van der Waals surface area (Å²) in [6, 6.07) is 2.05. The molecule has 0 bridgehead atoms. The molecule has 0 amide bonds. The van der Waals surface area contributed by atoms with Crippen LogP contribution in [-0.4, -0.2) is 72.2 Å². The number of hydrogen-bond acceptors (Lipinski definition) is 9. The molecule has 2 aliphatic rings. The quantitative estimate of drug-likeness (QED) is 0.588. The average molecular weight is 495 g/mol. The van der Waals surface area contributed by atoms with E-state index in [1.165, 1.54) is 30.6 Å². The van der Waals surface area contributed by atoms with Crippen LogP contribution in [0.4, 0.5) is 4.39 Å². The number of esters is 1. The molecule has 1 fully saturated rings. The van der Waals surface area contributed by atoms with Crippen LogP contribution in [0.25, 0.3) is 0 Å². The second kappa shape index (κ2) is 9.96. The van der Waals surface area contributed by atoms with Crippen LogP contribution in [-0.2, 0) is 19.1 Å². The van der Waals surface area contributed by atoms with Gasteiger partial charge in [-0.3, -0.25) is 14.7 Å². The number of nitrogens with one attached hydrogen (secondary N) is 1. The lowest BCUT2D eigenvalue weighted by atomic mass is 9.95. The molecule has 2 atom stereocenters. The molecule has 2 aromatic rings. The summed E-state index contributed by atoms with van der Waals surface area (Å²) in [6.45, 7) is 0.814. The number of carbonyl (C=O) groups excluding carboxylic acids is 1. The maximum absolute atomic E-state index is 13.7. The Morgan fingerprint density at radius 3 is 2.94 bits per heavy atom. The summed E-state index contributed by atoms with van der Waals surface area (Å²) in [4.78, 5) is 35.3. The summed E-state index contributed by atoms with van der Waals surface area (Å²) in [5, 5.41) is 15.2. The molecule has 12 heteroatoms. The lowest BCUT2D eigenvalue weighted by Crippen LogP contribution is -2.52. The van der Waals surface area contributed by atoms with E-state index in [4.69, 9.17) is 21.1 Å². The number of hydrogen-bond donors (Lipinski definition) is 2. The van der Waals surface area contributed by atoms with E-state index in [-0.39, 0.29) is 23.7 Å². The van der Waals surface area contributed by atoms with Crippen molar-refractivity contribution >= 4 is 40.7 Å². The zero-order chi connectivity index (χ0) is 23.5. The number of ether oxygens (including phenoxy) is 2. The topological polar surface area (TPSA) is 113 Å². The van der Waals surface area contributed by atoms with E-state index in [2.05, 4.69) is 15.3 Å².